The van der Waals surface area contributed by atoms with Crippen LogP contribution in [0.2, 0.25) is 0 Å². The molecule has 1 aromatic heterocycles. The van der Waals surface area contributed by atoms with Gasteiger partial charge < -0.3 is 11.1 Å². The second kappa shape index (κ2) is 4.13. The zero-order valence-corrected chi connectivity index (χ0v) is 8.72. The third-order valence-corrected chi connectivity index (χ3v) is 2.20. The fourth-order valence-electron chi connectivity index (χ4n) is 1.01. The molecule has 0 aliphatic rings. The summed E-state index contributed by atoms with van der Waals surface area (Å²) >= 11 is 0. The SMILES string of the molecule is CCC(C)NC(=O)c1n[nH]c(C)c1N. The summed E-state index contributed by atoms with van der Waals surface area (Å²) in [5.41, 5.74) is 7.09. The maximum atomic E-state index is 11.6. The van der Waals surface area contributed by atoms with Crippen LogP contribution >= 0.6 is 0 Å². The van der Waals surface area contributed by atoms with Crippen LogP contribution in [-0.4, -0.2) is 22.1 Å². The van der Waals surface area contributed by atoms with E-state index in [0.717, 1.165) is 12.1 Å². The highest BCUT2D eigenvalue weighted by molar-refractivity contribution is 5.97. The molecule has 1 amide bonds. The Morgan fingerprint density at radius 1 is 1.71 bits per heavy atom. The highest BCUT2D eigenvalue weighted by Crippen LogP contribution is 2.12. The smallest absolute Gasteiger partial charge is 0.274 e. The molecule has 0 saturated carbocycles. The van der Waals surface area contributed by atoms with Gasteiger partial charge in [0.15, 0.2) is 5.69 Å². The van der Waals surface area contributed by atoms with Gasteiger partial charge in [-0.1, -0.05) is 6.92 Å². The van der Waals surface area contributed by atoms with Crippen LogP contribution in [0.1, 0.15) is 36.5 Å². The summed E-state index contributed by atoms with van der Waals surface area (Å²) < 4.78 is 0. The molecule has 0 aliphatic heterocycles. The van der Waals surface area contributed by atoms with Crippen LogP contribution in [0.15, 0.2) is 0 Å². The number of rotatable bonds is 3. The summed E-state index contributed by atoms with van der Waals surface area (Å²) in [6.07, 6.45) is 0.884. The molecular weight excluding hydrogens is 180 g/mol. The number of anilines is 1. The van der Waals surface area contributed by atoms with Crippen molar-refractivity contribution in [3.05, 3.63) is 11.4 Å². The monoisotopic (exact) mass is 196 g/mol. The summed E-state index contributed by atoms with van der Waals surface area (Å²) in [6, 6.07) is 0.138. The van der Waals surface area contributed by atoms with E-state index in [9.17, 15) is 4.79 Å². The molecule has 0 fully saturated rings. The van der Waals surface area contributed by atoms with E-state index in [1.54, 1.807) is 6.92 Å². The molecule has 0 saturated heterocycles. The number of hydrogen-bond acceptors (Lipinski definition) is 3. The van der Waals surface area contributed by atoms with E-state index in [1.807, 2.05) is 13.8 Å². The van der Waals surface area contributed by atoms with Crippen molar-refractivity contribution in [2.45, 2.75) is 33.2 Å². The molecule has 5 heteroatoms. The van der Waals surface area contributed by atoms with Gasteiger partial charge in [0.2, 0.25) is 0 Å². The fraction of sp³-hybridized carbons (Fsp3) is 0.556. The van der Waals surface area contributed by atoms with E-state index in [-0.39, 0.29) is 17.6 Å². The molecular formula is C9H16N4O. The Morgan fingerprint density at radius 3 is 2.79 bits per heavy atom. The van der Waals surface area contributed by atoms with Crippen molar-refractivity contribution < 1.29 is 4.79 Å². The maximum absolute atomic E-state index is 11.6. The summed E-state index contributed by atoms with van der Waals surface area (Å²) in [5, 5.41) is 9.31. The molecule has 1 heterocycles. The second-order valence-corrected chi connectivity index (χ2v) is 3.39. The van der Waals surface area contributed by atoms with Gasteiger partial charge in [-0.25, -0.2) is 0 Å². The van der Waals surface area contributed by atoms with E-state index >= 15 is 0 Å². The van der Waals surface area contributed by atoms with Gasteiger partial charge in [-0.2, -0.15) is 5.10 Å². The van der Waals surface area contributed by atoms with Crippen molar-refractivity contribution in [3.8, 4) is 0 Å². The summed E-state index contributed by atoms with van der Waals surface area (Å²) in [5.74, 6) is -0.221. The molecule has 1 rings (SSSR count). The predicted octanol–water partition coefficient (Wildman–Crippen LogP) is 0.829. The first-order chi connectivity index (χ1) is 6.56. The molecule has 0 aliphatic carbocycles. The highest BCUT2D eigenvalue weighted by Gasteiger charge is 2.16. The number of nitrogen functional groups attached to an aromatic ring is 1. The van der Waals surface area contributed by atoms with Crippen LogP contribution in [0.5, 0.6) is 0 Å². The van der Waals surface area contributed by atoms with E-state index in [2.05, 4.69) is 15.5 Å². The normalized spacial score (nSPS) is 12.5. The first-order valence-electron chi connectivity index (χ1n) is 4.67. The van der Waals surface area contributed by atoms with Crippen molar-refractivity contribution in [2.24, 2.45) is 0 Å². The number of nitrogens with two attached hydrogens (primary N) is 1. The zero-order chi connectivity index (χ0) is 10.7. The van der Waals surface area contributed by atoms with Crippen LogP contribution in [-0.2, 0) is 0 Å². The summed E-state index contributed by atoms with van der Waals surface area (Å²) in [6.45, 7) is 5.72. The average Bonchev–Trinajstić information content (AvgIpc) is 2.47. The van der Waals surface area contributed by atoms with E-state index in [1.165, 1.54) is 0 Å². The largest absolute Gasteiger partial charge is 0.395 e. The average molecular weight is 196 g/mol. The Labute approximate surface area is 83.1 Å². The van der Waals surface area contributed by atoms with Crippen molar-refractivity contribution in [1.29, 1.82) is 0 Å². The summed E-state index contributed by atoms with van der Waals surface area (Å²) in [4.78, 5) is 11.6. The van der Waals surface area contributed by atoms with Crippen molar-refractivity contribution in [3.63, 3.8) is 0 Å². The van der Waals surface area contributed by atoms with Crippen LogP contribution in [0.25, 0.3) is 0 Å². The minimum atomic E-state index is -0.221. The minimum absolute atomic E-state index is 0.138. The number of amides is 1. The van der Waals surface area contributed by atoms with Crippen LogP contribution in [0.4, 0.5) is 5.69 Å². The van der Waals surface area contributed by atoms with Gasteiger partial charge in [-0.15, -0.1) is 0 Å². The Morgan fingerprint density at radius 2 is 2.36 bits per heavy atom. The number of nitrogens with one attached hydrogen (secondary N) is 2. The maximum Gasteiger partial charge on any atom is 0.274 e. The van der Waals surface area contributed by atoms with Crippen LogP contribution < -0.4 is 11.1 Å². The molecule has 1 unspecified atom stereocenters. The van der Waals surface area contributed by atoms with Gasteiger partial charge in [-0.3, -0.25) is 9.89 Å². The number of carbonyl (C=O) groups is 1. The minimum Gasteiger partial charge on any atom is -0.395 e. The van der Waals surface area contributed by atoms with Crippen molar-refractivity contribution in [2.75, 3.05) is 5.73 Å². The lowest BCUT2D eigenvalue weighted by Crippen LogP contribution is -2.32. The number of aromatic amines is 1. The third-order valence-electron chi connectivity index (χ3n) is 2.20. The molecule has 5 nitrogen and oxygen atoms in total. The lowest BCUT2D eigenvalue weighted by atomic mass is 10.2. The molecule has 1 atom stereocenters. The molecule has 78 valence electrons. The van der Waals surface area contributed by atoms with E-state index < -0.39 is 0 Å². The first kappa shape index (κ1) is 10.6. The van der Waals surface area contributed by atoms with Gasteiger partial charge in [0, 0.05) is 6.04 Å². The standard InChI is InChI=1S/C9H16N4O/c1-4-5(2)11-9(14)8-7(10)6(3)12-13-8/h5H,4,10H2,1-3H3,(H,11,14)(H,12,13). The molecule has 0 aromatic carbocycles. The lowest BCUT2D eigenvalue weighted by molar-refractivity contribution is 0.0935. The van der Waals surface area contributed by atoms with Crippen LogP contribution in [0.3, 0.4) is 0 Å². The number of nitrogens with zero attached hydrogens (tertiary/aromatic N) is 1. The van der Waals surface area contributed by atoms with Gasteiger partial charge in [0.25, 0.3) is 5.91 Å². The number of hydrogen-bond donors (Lipinski definition) is 3. The van der Waals surface area contributed by atoms with Gasteiger partial charge in [0.1, 0.15) is 0 Å². The number of aryl methyl sites for hydroxylation is 1. The van der Waals surface area contributed by atoms with E-state index in [0.29, 0.717) is 5.69 Å². The van der Waals surface area contributed by atoms with Crippen molar-refractivity contribution in [1.82, 2.24) is 15.5 Å². The molecule has 0 bridgehead atoms. The molecule has 0 spiro atoms. The predicted molar refractivity (Wildman–Crippen MR) is 55.0 cm³/mol. The molecule has 14 heavy (non-hydrogen) atoms. The zero-order valence-electron chi connectivity index (χ0n) is 8.72. The number of carbonyl (C=O) groups excluding carboxylic acids is 1. The fourth-order valence-corrected chi connectivity index (χ4v) is 1.01. The topological polar surface area (TPSA) is 83.8 Å². The molecule has 0 radical (unpaired) electrons. The highest BCUT2D eigenvalue weighted by atomic mass is 16.2. The second-order valence-electron chi connectivity index (χ2n) is 3.39. The van der Waals surface area contributed by atoms with E-state index in [4.69, 9.17) is 5.73 Å². The van der Waals surface area contributed by atoms with Gasteiger partial charge in [0.05, 0.1) is 11.4 Å². The first-order valence-corrected chi connectivity index (χ1v) is 4.67. The van der Waals surface area contributed by atoms with Crippen molar-refractivity contribution >= 4 is 11.6 Å². The quantitative estimate of drug-likeness (QED) is 0.669. The number of aromatic nitrogens is 2. The van der Waals surface area contributed by atoms with Gasteiger partial charge in [-0.05, 0) is 20.3 Å². The van der Waals surface area contributed by atoms with Crippen LogP contribution in [0, 0.1) is 6.92 Å². The Balaban J connectivity index is 2.75. The molecule has 1 aromatic rings. The Kier molecular flexibility index (Phi) is 3.11. The number of H-pyrrole nitrogens is 1. The Bertz CT molecular complexity index is 332. The van der Waals surface area contributed by atoms with Gasteiger partial charge >= 0.3 is 0 Å². The molecule has 4 N–H and O–H groups in total. The third kappa shape index (κ3) is 2.04. The summed E-state index contributed by atoms with van der Waals surface area (Å²) in [7, 11) is 0. The lowest BCUT2D eigenvalue weighted by Gasteiger charge is -2.09. The Hall–Kier alpha value is -1.52.